The second kappa shape index (κ2) is 8.65. The molecule has 1 aliphatic heterocycles. The Labute approximate surface area is 177 Å². The van der Waals surface area contributed by atoms with Crippen molar-refractivity contribution in [2.24, 2.45) is 0 Å². The minimum atomic E-state index is -5.89. The molecule has 1 fully saturated rings. The first kappa shape index (κ1) is 25.1. The van der Waals surface area contributed by atoms with E-state index in [1.54, 1.807) is 0 Å². The molecule has 0 bridgehead atoms. The number of hydrogen-bond donors (Lipinski definition) is 7. The van der Waals surface area contributed by atoms with Crippen LogP contribution in [-0.2, 0) is 27.1 Å². The Morgan fingerprint density at radius 2 is 1.81 bits per heavy atom. The summed E-state index contributed by atoms with van der Waals surface area (Å²) in [7, 11) is -17.4. The molecule has 20 heteroatoms. The van der Waals surface area contributed by atoms with Crippen molar-refractivity contribution in [3.8, 4) is 0 Å². The molecule has 1 saturated heterocycles. The first-order chi connectivity index (χ1) is 14.6. The SMILES string of the molecule is Nc1ccnc2c1ncn2[C@@H]1O[C@H](/C=C(\F)P(=O)(O)OP(=O)(O)OP(=O)(O)O)[C@@H](O)[C@H]1O. The topological polar surface area (TPSA) is 257 Å². The summed E-state index contributed by atoms with van der Waals surface area (Å²) in [5.41, 5.74) is 4.23. The van der Waals surface area contributed by atoms with E-state index < -0.39 is 53.3 Å². The molecular formula is C12H16FN4O12P3. The van der Waals surface area contributed by atoms with Gasteiger partial charge in [0.05, 0.1) is 12.0 Å². The van der Waals surface area contributed by atoms with Crippen LogP contribution in [-0.4, -0.2) is 62.6 Å². The molecule has 16 nitrogen and oxygen atoms in total. The summed E-state index contributed by atoms with van der Waals surface area (Å²) in [4.78, 5) is 43.6. The van der Waals surface area contributed by atoms with Gasteiger partial charge in [0.25, 0.3) is 0 Å². The minimum absolute atomic E-state index is 0.137. The van der Waals surface area contributed by atoms with E-state index in [9.17, 15) is 33.2 Å². The van der Waals surface area contributed by atoms with Crippen molar-refractivity contribution in [1.29, 1.82) is 0 Å². The highest BCUT2D eigenvalue weighted by atomic mass is 31.3. The summed E-state index contributed by atoms with van der Waals surface area (Å²) in [6, 6.07) is 1.45. The van der Waals surface area contributed by atoms with Crippen LogP contribution in [0.3, 0.4) is 0 Å². The monoisotopic (exact) mass is 520 g/mol. The molecule has 0 radical (unpaired) electrons. The molecule has 0 saturated carbocycles. The molecule has 3 heterocycles. The van der Waals surface area contributed by atoms with Crippen molar-refractivity contribution in [1.82, 2.24) is 14.5 Å². The normalized spacial score (nSPS) is 28.5. The van der Waals surface area contributed by atoms with Crippen molar-refractivity contribution < 1.29 is 61.2 Å². The van der Waals surface area contributed by atoms with Gasteiger partial charge in [-0.2, -0.15) is 8.70 Å². The van der Waals surface area contributed by atoms with E-state index in [4.69, 9.17) is 25.2 Å². The second-order valence-electron chi connectivity index (χ2n) is 6.33. The number of ether oxygens (including phenoxy) is 1. The Hall–Kier alpha value is -1.58. The van der Waals surface area contributed by atoms with Gasteiger partial charge < -0.3 is 40.3 Å². The van der Waals surface area contributed by atoms with Crippen LogP contribution in [0.15, 0.2) is 30.2 Å². The van der Waals surface area contributed by atoms with Crippen molar-refractivity contribution in [2.75, 3.05) is 5.73 Å². The predicted molar refractivity (Wildman–Crippen MR) is 101 cm³/mol. The van der Waals surface area contributed by atoms with Gasteiger partial charge in [0, 0.05) is 6.20 Å². The molecule has 32 heavy (non-hydrogen) atoms. The van der Waals surface area contributed by atoms with Crippen LogP contribution >= 0.6 is 23.2 Å². The Morgan fingerprint density at radius 3 is 2.44 bits per heavy atom. The number of rotatable bonds is 7. The molecule has 6 atom stereocenters. The molecular weight excluding hydrogens is 504 g/mol. The molecule has 2 aromatic heterocycles. The van der Waals surface area contributed by atoms with Gasteiger partial charge in [0.2, 0.25) is 5.57 Å². The number of pyridine rings is 1. The van der Waals surface area contributed by atoms with Crippen molar-refractivity contribution in [3.63, 3.8) is 0 Å². The lowest BCUT2D eigenvalue weighted by Crippen LogP contribution is -2.30. The Bertz CT molecular complexity index is 1200. The molecule has 0 aromatic carbocycles. The predicted octanol–water partition coefficient (Wildman–Crippen LogP) is -0.145. The molecule has 0 spiro atoms. The second-order valence-corrected chi connectivity index (χ2v) is 11.0. The van der Waals surface area contributed by atoms with Gasteiger partial charge in [-0.05, 0) is 12.1 Å². The number of nitrogen functional groups attached to an aromatic ring is 1. The van der Waals surface area contributed by atoms with Gasteiger partial charge in [-0.1, -0.05) is 0 Å². The molecule has 8 N–H and O–H groups in total. The number of aromatic nitrogens is 3. The average molecular weight is 520 g/mol. The van der Waals surface area contributed by atoms with Crippen LogP contribution in [0, 0.1) is 0 Å². The van der Waals surface area contributed by atoms with Crippen LogP contribution < -0.4 is 5.73 Å². The summed E-state index contributed by atoms with van der Waals surface area (Å²) >= 11 is 0. The maximum Gasteiger partial charge on any atom is 0.488 e. The number of aliphatic hydroxyl groups excluding tert-OH is 2. The number of nitrogens with zero attached hydrogens (tertiary/aromatic N) is 3. The number of imidazole rings is 1. The highest BCUT2D eigenvalue weighted by molar-refractivity contribution is 7.69. The maximum atomic E-state index is 14.3. The third kappa shape index (κ3) is 5.31. The standard InChI is InChI=1S/C12H16FN4O12P3/c13-7(30(20,21)28-32(25,26)29-31(22,23)24)3-6-9(18)10(19)12(27-6)17-4-16-8-5(14)1-2-15-11(8)17/h1-4,6,9-10,12,18-19H,(H2,14,15)(H,20,21)(H,25,26)(H2,22,23,24)/b7-3+/t6-,9-,10-,12-/m1/s1. The van der Waals surface area contributed by atoms with Crippen molar-refractivity contribution in [3.05, 3.63) is 30.2 Å². The molecule has 2 aromatic rings. The fourth-order valence-electron chi connectivity index (χ4n) is 2.75. The number of halogens is 1. The Balaban J connectivity index is 1.83. The lowest BCUT2D eigenvalue weighted by molar-refractivity contribution is -0.0246. The van der Waals surface area contributed by atoms with Crippen LogP contribution in [0.25, 0.3) is 11.2 Å². The molecule has 178 valence electrons. The van der Waals surface area contributed by atoms with E-state index in [0.717, 1.165) is 4.57 Å². The maximum absolute atomic E-state index is 14.3. The van der Waals surface area contributed by atoms with E-state index in [0.29, 0.717) is 0 Å². The van der Waals surface area contributed by atoms with E-state index in [1.165, 1.54) is 18.6 Å². The lowest BCUT2D eigenvalue weighted by atomic mass is 10.1. The Morgan fingerprint density at radius 1 is 1.16 bits per heavy atom. The van der Waals surface area contributed by atoms with Gasteiger partial charge in [-0.25, -0.2) is 23.4 Å². The molecule has 2 unspecified atom stereocenters. The van der Waals surface area contributed by atoms with Crippen LogP contribution in [0.5, 0.6) is 0 Å². The van der Waals surface area contributed by atoms with Gasteiger partial charge in [0.15, 0.2) is 11.9 Å². The van der Waals surface area contributed by atoms with Crippen LogP contribution in [0.1, 0.15) is 6.23 Å². The van der Waals surface area contributed by atoms with E-state index in [-0.39, 0.29) is 22.9 Å². The van der Waals surface area contributed by atoms with Gasteiger partial charge in [-0.3, -0.25) is 9.13 Å². The summed E-state index contributed by atoms with van der Waals surface area (Å²) in [5.74, 6) is 0. The first-order valence-electron chi connectivity index (χ1n) is 8.21. The average Bonchev–Trinajstić information content (AvgIpc) is 3.16. The number of anilines is 1. The molecule has 0 aliphatic carbocycles. The van der Waals surface area contributed by atoms with Gasteiger partial charge in [-0.15, -0.1) is 0 Å². The number of hydrogen-bond acceptors (Lipinski definition) is 11. The fraction of sp³-hybridized carbons (Fsp3) is 0.333. The zero-order valence-electron chi connectivity index (χ0n) is 15.4. The quantitative estimate of drug-likeness (QED) is 0.234. The Kier molecular flexibility index (Phi) is 6.77. The van der Waals surface area contributed by atoms with Gasteiger partial charge >= 0.3 is 23.2 Å². The minimum Gasteiger partial charge on any atom is -0.397 e. The zero-order chi connectivity index (χ0) is 24.1. The number of phosphoric acid groups is 2. The van der Waals surface area contributed by atoms with Crippen LogP contribution in [0.4, 0.5) is 10.1 Å². The summed E-state index contributed by atoms with van der Waals surface area (Å²) < 4.78 is 61.6. The van der Waals surface area contributed by atoms with Crippen molar-refractivity contribution in [2.45, 2.75) is 24.5 Å². The number of aliphatic hydroxyl groups is 2. The van der Waals surface area contributed by atoms with E-state index >= 15 is 0 Å². The molecule has 3 rings (SSSR count). The third-order valence-electron chi connectivity index (χ3n) is 4.04. The first-order valence-corrected chi connectivity index (χ1v) is 12.8. The lowest BCUT2D eigenvalue weighted by Gasteiger charge is -2.16. The molecule has 0 amide bonds. The smallest absolute Gasteiger partial charge is 0.397 e. The summed E-state index contributed by atoms with van der Waals surface area (Å²) in [6.45, 7) is 0. The van der Waals surface area contributed by atoms with E-state index in [2.05, 4.69) is 18.6 Å². The van der Waals surface area contributed by atoms with Gasteiger partial charge in [0.1, 0.15) is 23.8 Å². The number of fused-ring (bicyclic) bond motifs is 1. The van der Waals surface area contributed by atoms with E-state index in [1.807, 2.05) is 0 Å². The summed E-state index contributed by atoms with van der Waals surface area (Å²) in [6.07, 6.45) is -4.09. The number of nitrogens with two attached hydrogens (primary N) is 1. The third-order valence-corrected chi connectivity index (χ3v) is 8.11. The zero-order valence-corrected chi connectivity index (χ0v) is 18.1. The van der Waals surface area contributed by atoms with Crippen LogP contribution in [0.2, 0.25) is 0 Å². The van der Waals surface area contributed by atoms with Crippen molar-refractivity contribution >= 4 is 40.1 Å². The molecule has 1 aliphatic rings. The largest absolute Gasteiger partial charge is 0.488 e. The summed E-state index contributed by atoms with van der Waals surface area (Å²) in [5, 5.41) is 20.4. The highest BCUT2D eigenvalue weighted by Crippen LogP contribution is 2.68. The highest BCUT2D eigenvalue weighted by Gasteiger charge is 2.46. The fourth-order valence-corrected chi connectivity index (χ4v) is 5.98.